The fraction of sp³-hybridized carbons (Fsp3) is 0.273. The van der Waals surface area contributed by atoms with Crippen LogP contribution in [0.5, 0.6) is 28.7 Å². The average Bonchev–Trinajstić information content (AvgIpc) is 2.72. The number of aromatic hydroxyl groups is 4. The van der Waals surface area contributed by atoms with Gasteiger partial charge in [0.1, 0.15) is 23.4 Å². The number of carbonyl (C=O) groups is 2. The van der Waals surface area contributed by atoms with Crippen molar-refractivity contribution in [1.29, 1.82) is 0 Å². The minimum atomic E-state index is -2.42. The monoisotopic (exact) mass is 428 g/mol. The van der Waals surface area contributed by atoms with Gasteiger partial charge in [-0.25, -0.2) is 4.79 Å². The normalized spacial score (nSPS) is 24.9. The van der Waals surface area contributed by atoms with E-state index in [0.29, 0.717) is 12.0 Å². The highest BCUT2D eigenvalue weighted by Gasteiger charge is 2.47. The van der Waals surface area contributed by atoms with E-state index in [1.807, 2.05) is 0 Å². The lowest BCUT2D eigenvalue weighted by atomic mass is 9.89. The SMILES string of the molecule is O=C1CCC=C[C@]1(O)C(=O)O[C@H]1Cc2c(O)cc(O)cc2O[C@@H]1c1ccc(O)c(O)c1. The number of esters is 1. The first-order valence-electron chi connectivity index (χ1n) is 9.57. The van der Waals surface area contributed by atoms with Crippen LogP contribution in [0, 0.1) is 0 Å². The molecule has 162 valence electrons. The molecular formula is C22H20O9. The Labute approximate surface area is 176 Å². The summed E-state index contributed by atoms with van der Waals surface area (Å²) in [5.74, 6) is -3.06. The lowest BCUT2D eigenvalue weighted by Gasteiger charge is -2.35. The summed E-state index contributed by atoms with van der Waals surface area (Å²) in [6.07, 6.45) is 0.799. The Hall–Kier alpha value is -3.72. The van der Waals surface area contributed by atoms with Crippen LogP contribution in [0.15, 0.2) is 42.5 Å². The van der Waals surface area contributed by atoms with E-state index in [1.54, 1.807) is 0 Å². The number of phenolic OH excluding ortho intramolecular Hbond substituents is 4. The van der Waals surface area contributed by atoms with E-state index < -0.39 is 35.3 Å². The molecule has 0 radical (unpaired) electrons. The summed E-state index contributed by atoms with van der Waals surface area (Å²) in [5, 5.41) is 50.0. The van der Waals surface area contributed by atoms with Crippen LogP contribution in [0.2, 0.25) is 0 Å². The van der Waals surface area contributed by atoms with E-state index in [2.05, 4.69) is 0 Å². The van der Waals surface area contributed by atoms with Crippen molar-refractivity contribution in [1.82, 2.24) is 0 Å². The second kappa shape index (κ2) is 7.51. The van der Waals surface area contributed by atoms with Gasteiger partial charge in [0.25, 0.3) is 0 Å². The van der Waals surface area contributed by atoms with Gasteiger partial charge in [0.2, 0.25) is 5.60 Å². The standard InChI is InChI=1S/C22H20O9/c23-12-8-15(25)13-10-18(31-21(28)22(29)6-2-1-3-19(22)27)20(30-17(13)9-12)11-4-5-14(24)16(26)7-11/h2,4-9,18,20,23-26,29H,1,3,10H2/t18-,20+,22+/m0/s1. The first-order chi connectivity index (χ1) is 14.7. The molecule has 31 heavy (non-hydrogen) atoms. The van der Waals surface area contributed by atoms with Crippen molar-refractivity contribution in [3.63, 3.8) is 0 Å². The maximum atomic E-state index is 12.8. The lowest BCUT2D eigenvalue weighted by molar-refractivity contribution is -0.175. The van der Waals surface area contributed by atoms with E-state index >= 15 is 0 Å². The fourth-order valence-electron chi connectivity index (χ4n) is 3.71. The first-order valence-corrected chi connectivity index (χ1v) is 9.57. The molecule has 0 unspecified atom stereocenters. The average molecular weight is 428 g/mol. The summed E-state index contributed by atoms with van der Waals surface area (Å²) >= 11 is 0. The number of ether oxygens (including phenoxy) is 2. The van der Waals surface area contributed by atoms with Gasteiger partial charge in [-0.1, -0.05) is 12.1 Å². The number of Topliss-reactive ketones (excluding diaryl/α,β-unsaturated/α-hetero) is 1. The zero-order chi connectivity index (χ0) is 22.3. The molecule has 0 fully saturated rings. The highest BCUT2D eigenvalue weighted by molar-refractivity contribution is 6.09. The van der Waals surface area contributed by atoms with Gasteiger partial charge in [0.15, 0.2) is 23.4 Å². The molecule has 2 aromatic rings. The third kappa shape index (κ3) is 3.64. The van der Waals surface area contributed by atoms with Gasteiger partial charge < -0.3 is 35.0 Å². The highest BCUT2D eigenvalue weighted by atomic mass is 16.6. The number of phenols is 4. The Morgan fingerprint density at radius 3 is 2.55 bits per heavy atom. The second-order valence-corrected chi connectivity index (χ2v) is 7.51. The number of aliphatic hydroxyl groups is 1. The Balaban J connectivity index is 1.72. The van der Waals surface area contributed by atoms with E-state index in [4.69, 9.17) is 9.47 Å². The summed E-state index contributed by atoms with van der Waals surface area (Å²) in [6, 6.07) is 6.27. The lowest BCUT2D eigenvalue weighted by Crippen LogP contribution is -2.49. The molecule has 0 spiro atoms. The summed E-state index contributed by atoms with van der Waals surface area (Å²) in [4.78, 5) is 24.9. The van der Waals surface area contributed by atoms with Crippen LogP contribution in [0.4, 0.5) is 0 Å². The molecule has 1 aliphatic heterocycles. The Kier molecular flexibility index (Phi) is 4.98. The first kappa shape index (κ1) is 20.5. The molecule has 4 rings (SSSR count). The molecule has 0 saturated heterocycles. The van der Waals surface area contributed by atoms with E-state index in [-0.39, 0.29) is 41.4 Å². The van der Waals surface area contributed by atoms with Crippen LogP contribution in [0.25, 0.3) is 0 Å². The number of benzene rings is 2. The van der Waals surface area contributed by atoms with Crippen LogP contribution in [0.3, 0.4) is 0 Å². The van der Waals surface area contributed by atoms with Crippen molar-refractivity contribution < 1.29 is 44.6 Å². The molecule has 9 nitrogen and oxygen atoms in total. The van der Waals surface area contributed by atoms with Gasteiger partial charge in [-0.3, -0.25) is 4.79 Å². The Morgan fingerprint density at radius 1 is 1.06 bits per heavy atom. The Bertz CT molecular complexity index is 1090. The second-order valence-electron chi connectivity index (χ2n) is 7.51. The number of hydrogen-bond donors (Lipinski definition) is 5. The number of ketones is 1. The molecule has 0 saturated carbocycles. The van der Waals surface area contributed by atoms with Crippen molar-refractivity contribution in [3.05, 3.63) is 53.6 Å². The molecule has 3 atom stereocenters. The van der Waals surface area contributed by atoms with E-state index in [1.165, 1.54) is 30.3 Å². The van der Waals surface area contributed by atoms with Crippen molar-refractivity contribution in [2.75, 3.05) is 0 Å². The quantitative estimate of drug-likeness (QED) is 0.213. The zero-order valence-electron chi connectivity index (χ0n) is 16.2. The minimum absolute atomic E-state index is 0.0125. The third-order valence-electron chi connectivity index (χ3n) is 5.39. The fourth-order valence-corrected chi connectivity index (χ4v) is 3.71. The van der Waals surface area contributed by atoms with Gasteiger partial charge in [-0.2, -0.15) is 0 Å². The summed E-state index contributed by atoms with van der Waals surface area (Å²) in [7, 11) is 0. The number of allylic oxidation sites excluding steroid dienone is 1. The maximum Gasteiger partial charge on any atom is 0.350 e. The van der Waals surface area contributed by atoms with Crippen molar-refractivity contribution >= 4 is 11.8 Å². The van der Waals surface area contributed by atoms with Crippen LogP contribution < -0.4 is 4.74 Å². The number of fused-ring (bicyclic) bond motifs is 1. The van der Waals surface area contributed by atoms with Gasteiger partial charge in [0.05, 0.1) is 0 Å². The topological polar surface area (TPSA) is 154 Å². The molecular weight excluding hydrogens is 408 g/mol. The smallest absolute Gasteiger partial charge is 0.350 e. The maximum absolute atomic E-state index is 12.8. The van der Waals surface area contributed by atoms with Crippen molar-refractivity contribution in [2.45, 2.75) is 37.1 Å². The number of carbonyl (C=O) groups excluding carboxylic acids is 2. The third-order valence-corrected chi connectivity index (χ3v) is 5.39. The highest BCUT2D eigenvalue weighted by Crippen LogP contribution is 2.44. The molecule has 2 aliphatic rings. The van der Waals surface area contributed by atoms with Gasteiger partial charge in [-0.15, -0.1) is 0 Å². The van der Waals surface area contributed by atoms with Gasteiger partial charge >= 0.3 is 5.97 Å². The molecule has 1 heterocycles. The van der Waals surface area contributed by atoms with Crippen molar-refractivity contribution in [3.8, 4) is 28.7 Å². The summed E-state index contributed by atoms with van der Waals surface area (Å²) in [5.41, 5.74) is -1.84. The molecule has 2 aromatic carbocycles. The van der Waals surface area contributed by atoms with Gasteiger partial charge in [-0.05, 0) is 24.6 Å². The van der Waals surface area contributed by atoms with Crippen LogP contribution >= 0.6 is 0 Å². The minimum Gasteiger partial charge on any atom is -0.508 e. The van der Waals surface area contributed by atoms with Crippen molar-refractivity contribution in [2.24, 2.45) is 0 Å². The van der Waals surface area contributed by atoms with Gasteiger partial charge in [0, 0.05) is 36.1 Å². The van der Waals surface area contributed by atoms with E-state index in [9.17, 15) is 35.1 Å². The summed E-state index contributed by atoms with van der Waals surface area (Å²) in [6.45, 7) is 0. The molecule has 1 aliphatic carbocycles. The predicted molar refractivity (Wildman–Crippen MR) is 105 cm³/mol. The number of hydrogen-bond acceptors (Lipinski definition) is 9. The predicted octanol–water partition coefficient (Wildman–Crippen LogP) is 1.75. The Morgan fingerprint density at radius 2 is 1.84 bits per heavy atom. The largest absolute Gasteiger partial charge is 0.508 e. The van der Waals surface area contributed by atoms with Crippen LogP contribution in [0.1, 0.15) is 30.1 Å². The molecule has 0 aromatic heterocycles. The van der Waals surface area contributed by atoms with Crippen LogP contribution in [-0.2, 0) is 20.7 Å². The molecule has 0 bridgehead atoms. The molecule has 0 amide bonds. The summed E-state index contributed by atoms with van der Waals surface area (Å²) < 4.78 is 11.3. The molecule has 9 heteroatoms. The number of rotatable bonds is 3. The zero-order valence-corrected chi connectivity index (χ0v) is 16.2. The van der Waals surface area contributed by atoms with E-state index in [0.717, 1.165) is 12.1 Å². The molecule has 5 N–H and O–H groups in total. The van der Waals surface area contributed by atoms with Crippen LogP contribution in [-0.4, -0.2) is 49.0 Å².